The normalized spacial score (nSPS) is 12.6. The van der Waals surface area contributed by atoms with E-state index in [1.54, 1.807) is 0 Å². The third kappa shape index (κ3) is 2.74. The zero-order chi connectivity index (χ0) is 12.3. The Morgan fingerprint density at radius 1 is 1.35 bits per heavy atom. The summed E-state index contributed by atoms with van der Waals surface area (Å²) >= 11 is 0. The van der Waals surface area contributed by atoms with Crippen molar-refractivity contribution < 1.29 is 5.11 Å². The van der Waals surface area contributed by atoms with E-state index in [0.29, 0.717) is 0 Å². The van der Waals surface area contributed by atoms with E-state index >= 15 is 0 Å². The molecule has 3 nitrogen and oxygen atoms in total. The van der Waals surface area contributed by atoms with Gasteiger partial charge in [0.05, 0.1) is 5.52 Å². The minimum atomic E-state index is 0.203. The predicted molar refractivity (Wildman–Crippen MR) is 71.2 cm³/mol. The standard InChI is InChI=1S/C14H18N2O/c1-10(9-17)8-15-14-7-11(2)16-13-6-4-3-5-12(13)14/h3-7,10,17H,8-9H2,1-2H3,(H,15,16). The van der Waals surface area contributed by atoms with Crippen molar-refractivity contribution in [2.24, 2.45) is 5.92 Å². The molecule has 0 aliphatic heterocycles. The van der Waals surface area contributed by atoms with Gasteiger partial charge in [0.15, 0.2) is 0 Å². The lowest BCUT2D eigenvalue weighted by atomic mass is 10.1. The van der Waals surface area contributed by atoms with E-state index in [2.05, 4.69) is 16.4 Å². The maximum atomic E-state index is 9.03. The van der Waals surface area contributed by atoms with Crippen LogP contribution in [-0.2, 0) is 0 Å². The number of benzene rings is 1. The second kappa shape index (κ2) is 5.15. The van der Waals surface area contributed by atoms with Gasteiger partial charge in [0.1, 0.15) is 0 Å². The molecule has 3 heteroatoms. The molecule has 1 aromatic heterocycles. The smallest absolute Gasteiger partial charge is 0.0725 e. The highest BCUT2D eigenvalue weighted by atomic mass is 16.3. The fourth-order valence-corrected chi connectivity index (χ4v) is 1.80. The molecule has 1 atom stereocenters. The summed E-state index contributed by atoms with van der Waals surface area (Å²) in [6.07, 6.45) is 0. The fourth-order valence-electron chi connectivity index (χ4n) is 1.80. The summed E-state index contributed by atoms with van der Waals surface area (Å²) in [5.41, 5.74) is 3.10. The Balaban J connectivity index is 2.32. The molecule has 0 radical (unpaired) electrons. The number of fused-ring (bicyclic) bond motifs is 1. The van der Waals surface area contributed by atoms with Crippen molar-refractivity contribution in [3.8, 4) is 0 Å². The quantitative estimate of drug-likeness (QED) is 0.848. The molecule has 1 unspecified atom stereocenters. The van der Waals surface area contributed by atoms with Crippen LogP contribution in [0.2, 0.25) is 0 Å². The molecule has 0 saturated carbocycles. The molecule has 90 valence electrons. The molecule has 1 heterocycles. The summed E-state index contributed by atoms with van der Waals surface area (Å²) < 4.78 is 0. The highest BCUT2D eigenvalue weighted by Crippen LogP contribution is 2.22. The number of nitrogens with one attached hydrogen (secondary N) is 1. The van der Waals surface area contributed by atoms with Crippen LogP contribution in [0.3, 0.4) is 0 Å². The number of hydrogen-bond donors (Lipinski definition) is 2. The van der Waals surface area contributed by atoms with E-state index in [4.69, 9.17) is 5.11 Å². The van der Waals surface area contributed by atoms with Gasteiger partial charge in [-0.05, 0) is 25.0 Å². The number of anilines is 1. The fraction of sp³-hybridized carbons (Fsp3) is 0.357. The Labute approximate surface area is 102 Å². The molecule has 1 aromatic carbocycles. The number of aliphatic hydroxyl groups excluding tert-OH is 1. The van der Waals surface area contributed by atoms with Crippen LogP contribution in [0.5, 0.6) is 0 Å². The minimum Gasteiger partial charge on any atom is -0.396 e. The lowest BCUT2D eigenvalue weighted by molar-refractivity contribution is 0.244. The van der Waals surface area contributed by atoms with Crippen molar-refractivity contribution in [3.05, 3.63) is 36.0 Å². The van der Waals surface area contributed by atoms with Crippen molar-refractivity contribution in [1.29, 1.82) is 0 Å². The second-order valence-corrected chi connectivity index (χ2v) is 4.50. The van der Waals surface area contributed by atoms with Gasteiger partial charge in [-0.15, -0.1) is 0 Å². The molecule has 0 spiro atoms. The Bertz CT molecular complexity index is 511. The number of hydrogen-bond acceptors (Lipinski definition) is 3. The average Bonchev–Trinajstić information content (AvgIpc) is 2.35. The first kappa shape index (κ1) is 11.9. The van der Waals surface area contributed by atoms with E-state index in [1.807, 2.05) is 38.1 Å². The first-order chi connectivity index (χ1) is 8.20. The summed E-state index contributed by atoms with van der Waals surface area (Å²) in [5, 5.41) is 13.5. The van der Waals surface area contributed by atoms with E-state index in [-0.39, 0.29) is 12.5 Å². The number of pyridine rings is 1. The van der Waals surface area contributed by atoms with Crippen LogP contribution in [0.25, 0.3) is 10.9 Å². The largest absolute Gasteiger partial charge is 0.396 e. The molecule has 17 heavy (non-hydrogen) atoms. The van der Waals surface area contributed by atoms with Crippen LogP contribution < -0.4 is 5.32 Å². The lowest BCUT2D eigenvalue weighted by Crippen LogP contribution is -2.14. The Hall–Kier alpha value is -1.61. The van der Waals surface area contributed by atoms with Crippen molar-refractivity contribution >= 4 is 16.6 Å². The Morgan fingerprint density at radius 3 is 2.88 bits per heavy atom. The highest BCUT2D eigenvalue weighted by molar-refractivity contribution is 5.91. The molecular formula is C14H18N2O. The van der Waals surface area contributed by atoms with Gasteiger partial charge in [-0.2, -0.15) is 0 Å². The number of aliphatic hydroxyl groups is 1. The summed E-state index contributed by atoms with van der Waals surface area (Å²) in [4.78, 5) is 4.49. The molecule has 2 aromatic rings. The van der Waals surface area contributed by atoms with Crippen molar-refractivity contribution in [2.75, 3.05) is 18.5 Å². The van der Waals surface area contributed by atoms with Crippen molar-refractivity contribution in [2.45, 2.75) is 13.8 Å². The number of para-hydroxylation sites is 1. The van der Waals surface area contributed by atoms with E-state index in [0.717, 1.165) is 28.8 Å². The third-order valence-electron chi connectivity index (χ3n) is 2.80. The van der Waals surface area contributed by atoms with Crippen LogP contribution in [-0.4, -0.2) is 23.2 Å². The van der Waals surface area contributed by atoms with Crippen LogP contribution in [0, 0.1) is 12.8 Å². The van der Waals surface area contributed by atoms with Crippen LogP contribution in [0.15, 0.2) is 30.3 Å². The SMILES string of the molecule is Cc1cc(NCC(C)CO)c2ccccc2n1. The molecule has 0 fully saturated rings. The number of aromatic nitrogens is 1. The molecule has 2 rings (SSSR count). The monoisotopic (exact) mass is 230 g/mol. The van der Waals surface area contributed by atoms with Crippen molar-refractivity contribution in [3.63, 3.8) is 0 Å². The summed E-state index contributed by atoms with van der Waals surface area (Å²) in [6, 6.07) is 10.1. The molecular weight excluding hydrogens is 212 g/mol. The van der Waals surface area contributed by atoms with E-state index < -0.39 is 0 Å². The van der Waals surface area contributed by atoms with Gasteiger partial charge in [-0.25, -0.2) is 0 Å². The number of nitrogens with zero attached hydrogens (tertiary/aromatic N) is 1. The average molecular weight is 230 g/mol. The maximum Gasteiger partial charge on any atom is 0.0725 e. The third-order valence-corrected chi connectivity index (χ3v) is 2.80. The van der Waals surface area contributed by atoms with E-state index in [9.17, 15) is 0 Å². The molecule has 0 aliphatic rings. The van der Waals surface area contributed by atoms with Crippen molar-refractivity contribution in [1.82, 2.24) is 4.98 Å². The summed E-state index contributed by atoms with van der Waals surface area (Å²) in [6.45, 7) is 4.98. The van der Waals surface area contributed by atoms with Crippen LogP contribution in [0.1, 0.15) is 12.6 Å². The predicted octanol–water partition coefficient (Wildman–Crippen LogP) is 2.58. The van der Waals surface area contributed by atoms with Gasteiger partial charge < -0.3 is 10.4 Å². The lowest BCUT2D eigenvalue weighted by Gasteiger charge is -2.13. The molecule has 0 amide bonds. The van der Waals surface area contributed by atoms with Crippen LogP contribution >= 0.6 is 0 Å². The molecule has 0 bridgehead atoms. The highest BCUT2D eigenvalue weighted by Gasteiger charge is 2.05. The van der Waals surface area contributed by atoms with Gasteiger partial charge in [0.2, 0.25) is 0 Å². The van der Waals surface area contributed by atoms with Gasteiger partial charge in [0, 0.05) is 29.9 Å². The van der Waals surface area contributed by atoms with Gasteiger partial charge in [0.25, 0.3) is 0 Å². The Morgan fingerprint density at radius 2 is 2.12 bits per heavy atom. The summed E-state index contributed by atoms with van der Waals surface area (Å²) in [7, 11) is 0. The van der Waals surface area contributed by atoms with Gasteiger partial charge in [-0.1, -0.05) is 25.1 Å². The zero-order valence-electron chi connectivity index (χ0n) is 10.3. The van der Waals surface area contributed by atoms with Crippen LogP contribution in [0.4, 0.5) is 5.69 Å². The van der Waals surface area contributed by atoms with E-state index in [1.165, 1.54) is 0 Å². The molecule has 2 N–H and O–H groups in total. The van der Waals surface area contributed by atoms with Gasteiger partial charge >= 0.3 is 0 Å². The molecule has 0 aliphatic carbocycles. The summed E-state index contributed by atoms with van der Waals surface area (Å²) in [5.74, 6) is 0.252. The van der Waals surface area contributed by atoms with Gasteiger partial charge in [-0.3, -0.25) is 4.98 Å². The number of aryl methyl sites for hydroxylation is 1. The maximum absolute atomic E-state index is 9.03. The first-order valence-electron chi connectivity index (χ1n) is 5.92. The zero-order valence-corrected chi connectivity index (χ0v) is 10.3. The minimum absolute atomic E-state index is 0.203. The Kier molecular flexibility index (Phi) is 3.59. The second-order valence-electron chi connectivity index (χ2n) is 4.50. The number of rotatable bonds is 4. The first-order valence-corrected chi connectivity index (χ1v) is 5.92. The topological polar surface area (TPSA) is 45.1 Å². The molecule has 0 saturated heterocycles.